The fourth-order valence-electron chi connectivity index (χ4n) is 4.38. The van der Waals surface area contributed by atoms with Crippen molar-refractivity contribution in [3.8, 4) is 16.8 Å². The van der Waals surface area contributed by atoms with E-state index in [1.54, 1.807) is 29.7 Å². The number of likely N-dealkylation sites (tertiary alicyclic amines) is 1. The number of nitriles is 1. The minimum atomic E-state index is -0.306. The smallest absolute Gasteiger partial charge is 0.269 e. The summed E-state index contributed by atoms with van der Waals surface area (Å²) in [6.07, 6.45) is 9.90. The van der Waals surface area contributed by atoms with Gasteiger partial charge in [-0.2, -0.15) is 5.26 Å². The minimum absolute atomic E-state index is 0.000216. The number of nitrogen functional groups attached to an aromatic ring is 1. The normalized spacial score (nSPS) is 15.4. The first-order valence-electron chi connectivity index (χ1n) is 12.9. The van der Waals surface area contributed by atoms with Gasteiger partial charge < -0.3 is 16.2 Å². The van der Waals surface area contributed by atoms with Gasteiger partial charge in [-0.05, 0) is 62.5 Å². The number of hydrogen-bond donors (Lipinski definition) is 3. The van der Waals surface area contributed by atoms with Crippen molar-refractivity contribution in [1.29, 1.82) is 5.26 Å². The third-order valence-electron chi connectivity index (χ3n) is 6.78. The summed E-state index contributed by atoms with van der Waals surface area (Å²) in [5, 5.41) is 22.8. The van der Waals surface area contributed by atoms with Crippen LogP contribution in [0, 0.1) is 23.2 Å². The van der Waals surface area contributed by atoms with Crippen LogP contribution in [0.5, 0.6) is 0 Å². The molecule has 3 aromatic heterocycles. The summed E-state index contributed by atoms with van der Waals surface area (Å²) in [6, 6.07) is 9.35. The molecule has 0 aliphatic carbocycles. The van der Waals surface area contributed by atoms with Crippen LogP contribution in [0.3, 0.4) is 0 Å². The van der Waals surface area contributed by atoms with Crippen molar-refractivity contribution in [1.82, 2.24) is 25.2 Å². The molecule has 3 aromatic rings. The van der Waals surface area contributed by atoms with Crippen molar-refractivity contribution < 1.29 is 9.90 Å². The lowest BCUT2D eigenvalue weighted by molar-refractivity contribution is 0.0930. The van der Waals surface area contributed by atoms with E-state index >= 15 is 0 Å². The zero-order valence-electron chi connectivity index (χ0n) is 21.5. The van der Waals surface area contributed by atoms with Crippen molar-refractivity contribution in [3.63, 3.8) is 0 Å². The van der Waals surface area contributed by atoms with E-state index < -0.39 is 0 Å². The van der Waals surface area contributed by atoms with Gasteiger partial charge in [0.05, 0.1) is 17.1 Å². The highest BCUT2D eigenvalue weighted by Crippen LogP contribution is 2.26. The molecular weight excluding hydrogens is 498 g/mol. The van der Waals surface area contributed by atoms with Gasteiger partial charge in [0, 0.05) is 42.9 Å². The van der Waals surface area contributed by atoms with Crippen LogP contribution in [0.15, 0.2) is 42.7 Å². The monoisotopic (exact) mass is 531 g/mol. The zero-order valence-corrected chi connectivity index (χ0v) is 22.3. The number of piperidine rings is 1. The Morgan fingerprint density at radius 1 is 1.37 bits per heavy atom. The Morgan fingerprint density at radius 2 is 2.18 bits per heavy atom. The number of nitrogens with one attached hydrogen (secondary N) is 1. The number of amides is 1. The number of aliphatic hydroxyl groups is 1. The van der Waals surface area contributed by atoms with Gasteiger partial charge in [0.1, 0.15) is 22.3 Å². The van der Waals surface area contributed by atoms with Gasteiger partial charge in [-0.15, -0.1) is 11.3 Å². The van der Waals surface area contributed by atoms with Crippen LogP contribution in [-0.4, -0.2) is 57.1 Å². The molecule has 0 aromatic carbocycles. The van der Waals surface area contributed by atoms with E-state index in [4.69, 9.17) is 5.73 Å². The number of nitrogens with zero attached hydrogens (tertiary/aromatic N) is 5. The molecule has 38 heavy (non-hydrogen) atoms. The molecule has 1 aliphatic heterocycles. The Morgan fingerprint density at radius 3 is 2.87 bits per heavy atom. The molecular formula is C28H33N7O2S. The van der Waals surface area contributed by atoms with E-state index in [9.17, 15) is 15.2 Å². The molecule has 1 amide bonds. The summed E-state index contributed by atoms with van der Waals surface area (Å²) in [5.41, 5.74) is 7.92. The first kappa shape index (κ1) is 27.4. The number of carbonyl (C=O) groups is 1. The molecule has 4 N–H and O–H groups in total. The fraction of sp³-hybridized carbons (Fsp3) is 0.393. The van der Waals surface area contributed by atoms with Crippen LogP contribution in [0.4, 0.5) is 5.69 Å². The van der Waals surface area contributed by atoms with Crippen LogP contribution >= 0.6 is 11.3 Å². The highest BCUT2D eigenvalue weighted by Gasteiger charge is 2.22. The Bertz CT molecular complexity index is 1290. The van der Waals surface area contributed by atoms with Crippen molar-refractivity contribution in [2.45, 2.75) is 32.7 Å². The highest BCUT2D eigenvalue weighted by molar-refractivity contribution is 7.14. The Kier molecular flexibility index (Phi) is 9.54. The summed E-state index contributed by atoms with van der Waals surface area (Å²) in [5.74, 6) is 0.0248. The predicted molar refractivity (Wildman–Crippen MR) is 149 cm³/mol. The highest BCUT2D eigenvalue weighted by atomic mass is 32.1. The minimum Gasteiger partial charge on any atom is -0.398 e. The molecule has 10 heteroatoms. The van der Waals surface area contributed by atoms with Crippen LogP contribution in [0.2, 0.25) is 0 Å². The molecule has 0 radical (unpaired) electrons. The molecule has 0 spiro atoms. The van der Waals surface area contributed by atoms with E-state index in [2.05, 4.69) is 31.2 Å². The molecule has 1 unspecified atom stereocenters. The standard InChI is InChI=1S/C28H33N7O2S/c1-2-19(18-36)6-7-24-22(14-29)23(30)13-26(34-24)27(37)32-15-20-8-11-35(12-9-20)17-21-16-33-28(38-21)25-5-3-4-10-31-25/h3-7,10,13,16,19-20,36H,2,8-9,11-12,15,17-18H2,1H3,(H2,30,34)(H,32,37). The second-order valence-corrected chi connectivity index (χ2v) is 10.6. The molecule has 9 nitrogen and oxygen atoms in total. The molecule has 4 rings (SSSR count). The van der Waals surface area contributed by atoms with Gasteiger partial charge in [0.25, 0.3) is 5.91 Å². The molecule has 4 heterocycles. The average molecular weight is 532 g/mol. The van der Waals surface area contributed by atoms with Gasteiger partial charge >= 0.3 is 0 Å². The van der Waals surface area contributed by atoms with Crippen molar-refractivity contribution in [2.75, 3.05) is 32.0 Å². The lowest BCUT2D eigenvalue weighted by Crippen LogP contribution is -2.38. The molecule has 1 atom stereocenters. The Balaban J connectivity index is 1.29. The molecule has 198 valence electrons. The molecule has 0 bridgehead atoms. The second-order valence-electron chi connectivity index (χ2n) is 9.46. The van der Waals surface area contributed by atoms with Gasteiger partial charge in [-0.3, -0.25) is 14.7 Å². The number of hydrogen-bond acceptors (Lipinski definition) is 9. The topological polar surface area (TPSA) is 141 Å². The molecule has 1 saturated heterocycles. The first-order chi connectivity index (χ1) is 18.5. The largest absolute Gasteiger partial charge is 0.398 e. The zero-order chi connectivity index (χ0) is 26.9. The first-order valence-corrected chi connectivity index (χ1v) is 13.7. The van der Waals surface area contributed by atoms with E-state index in [1.165, 1.54) is 10.9 Å². The maximum absolute atomic E-state index is 12.9. The third-order valence-corrected chi connectivity index (χ3v) is 7.79. The van der Waals surface area contributed by atoms with Crippen LogP contribution in [0.25, 0.3) is 16.8 Å². The predicted octanol–water partition coefficient (Wildman–Crippen LogP) is 3.73. The second kappa shape index (κ2) is 13.2. The van der Waals surface area contributed by atoms with Crippen LogP contribution < -0.4 is 11.1 Å². The molecule has 1 fully saturated rings. The van der Waals surface area contributed by atoms with Crippen molar-refractivity contribution >= 4 is 29.0 Å². The van der Waals surface area contributed by atoms with Gasteiger partial charge in [0.2, 0.25) is 0 Å². The maximum Gasteiger partial charge on any atom is 0.269 e. The summed E-state index contributed by atoms with van der Waals surface area (Å²) in [6.45, 7) is 5.30. The molecule has 0 saturated carbocycles. The van der Waals surface area contributed by atoms with Crippen LogP contribution in [0.1, 0.15) is 52.8 Å². The summed E-state index contributed by atoms with van der Waals surface area (Å²) >= 11 is 1.68. The van der Waals surface area contributed by atoms with E-state index in [0.717, 1.165) is 49.6 Å². The quantitative estimate of drug-likeness (QED) is 0.359. The number of pyridine rings is 2. The third kappa shape index (κ3) is 7.01. The number of rotatable bonds is 10. The van der Waals surface area contributed by atoms with Crippen molar-refractivity contribution in [3.05, 3.63) is 64.6 Å². The number of anilines is 1. The maximum atomic E-state index is 12.9. The fourth-order valence-corrected chi connectivity index (χ4v) is 5.31. The Labute approximate surface area is 227 Å². The van der Waals surface area contributed by atoms with Gasteiger partial charge in [-0.1, -0.05) is 19.1 Å². The van der Waals surface area contributed by atoms with Crippen LogP contribution in [-0.2, 0) is 6.54 Å². The summed E-state index contributed by atoms with van der Waals surface area (Å²) in [7, 11) is 0. The number of aromatic nitrogens is 3. The van der Waals surface area contributed by atoms with E-state index in [-0.39, 0.29) is 35.4 Å². The summed E-state index contributed by atoms with van der Waals surface area (Å²) in [4.78, 5) is 29.8. The SMILES string of the molecule is CCC(C=Cc1nc(C(=O)NCC2CCN(Cc3cnc(-c4ccccn4)s3)CC2)cc(N)c1C#N)CO. The van der Waals surface area contributed by atoms with E-state index in [0.29, 0.717) is 18.2 Å². The van der Waals surface area contributed by atoms with Gasteiger partial charge in [-0.25, -0.2) is 9.97 Å². The lowest BCUT2D eigenvalue weighted by Gasteiger charge is -2.31. The lowest BCUT2D eigenvalue weighted by atomic mass is 9.96. The number of carbonyl (C=O) groups excluding carboxylic acids is 1. The number of thiazole rings is 1. The average Bonchev–Trinajstić information content (AvgIpc) is 3.42. The summed E-state index contributed by atoms with van der Waals surface area (Å²) < 4.78 is 0. The Hall–Kier alpha value is -3.65. The number of aliphatic hydroxyl groups excluding tert-OH is 1. The number of nitrogens with two attached hydrogens (primary N) is 1. The van der Waals surface area contributed by atoms with E-state index in [1.807, 2.05) is 31.3 Å². The van der Waals surface area contributed by atoms with Gasteiger partial charge in [0.15, 0.2) is 0 Å². The van der Waals surface area contributed by atoms with Crippen molar-refractivity contribution in [2.24, 2.45) is 11.8 Å². The molecule has 1 aliphatic rings.